The predicted molar refractivity (Wildman–Crippen MR) is 73.9 cm³/mol. The summed E-state index contributed by atoms with van der Waals surface area (Å²) in [4.78, 5) is 29.5. The number of hydrogen-bond donors (Lipinski definition) is 0. The first-order valence-corrected chi connectivity index (χ1v) is 6.40. The maximum atomic E-state index is 11.9. The van der Waals surface area contributed by atoms with Crippen LogP contribution in [0.15, 0.2) is 11.0 Å². The van der Waals surface area contributed by atoms with Gasteiger partial charge in [-0.3, -0.25) is 14.2 Å². The van der Waals surface area contributed by atoms with Crippen molar-refractivity contribution in [1.29, 1.82) is 0 Å². The summed E-state index contributed by atoms with van der Waals surface area (Å²) < 4.78 is 1.93. The average Bonchev–Trinajstić information content (AvgIpc) is 2.28. The van der Waals surface area contributed by atoms with Gasteiger partial charge in [-0.15, -0.1) is 0 Å². The largest absolute Gasteiger partial charge is 0.342 e. The van der Waals surface area contributed by atoms with Crippen molar-refractivity contribution in [1.82, 2.24) is 14.5 Å². The summed E-state index contributed by atoms with van der Waals surface area (Å²) in [6.45, 7) is 5.63. The van der Waals surface area contributed by atoms with Crippen LogP contribution in [0.4, 0.5) is 0 Å². The Labute approximate surface area is 114 Å². The van der Waals surface area contributed by atoms with E-state index < -0.39 is 0 Å². The Morgan fingerprint density at radius 2 is 2.18 bits per heavy atom. The second-order valence-electron chi connectivity index (χ2n) is 4.14. The molecule has 0 unspecified atom stereocenters. The molecule has 1 aromatic rings. The van der Waals surface area contributed by atoms with E-state index in [4.69, 9.17) is 0 Å². The van der Waals surface area contributed by atoms with Crippen molar-refractivity contribution < 1.29 is 4.79 Å². The smallest absolute Gasteiger partial charge is 0.267 e. The molecule has 0 saturated heterocycles. The zero-order valence-electron chi connectivity index (χ0n) is 10.4. The van der Waals surface area contributed by atoms with E-state index >= 15 is 0 Å². The number of carbonyl (C=O) groups excluding carboxylic acids is 1. The van der Waals surface area contributed by atoms with Crippen molar-refractivity contribution in [3.8, 4) is 0 Å². The zero-order chi connectivity index (χ0) is 13.2. The second-order valence-corrected chi connectivity index (χ2v) is 5.31. The van der Waals surface area contributed by atoms with Crippen LogP contribution >= 0.6 is 22.6 Å². The summed E-state index contributed by atoms with van der Waals surface area (Å²) >= 11 is 1.92. The van der Waals surface area contributed by atoms with Crippen molar-refractivity contribution in [3.05, 3.63) is 25.9 Å². The van der Waals surface area contributed by atoms with Crippen LogP contribution in [0.25, 0.3) is 0 Å². The highest BCUT2D eigenvalue weighted by Crippen LogP contribution is 2.00. The number of aromatic nitrogens is 2. The topological polar surface area (TPSA) is 55.2 Å². The fourth-order valence-corrected chi connectivity index (χ4v) is 1.70. The first-order chi connectivity index (χ1) is 7.84. The molecule has 17 heavy (non-hydrogen) atoms. The molecule has 94 valence electrons. The van der Waals surface area contributed by atoms with E-state index in [1.54, 1.807) is 18.9 Å². The number of nitrogens with zero attached hydrogens (tertiary/aromatic N) is 3. The lowest BCUT2D eigenvalue weighted by molar-refractivity contribution is -0.132. The van der Waals surface area contributed by atoms with Crippen molar-refractivity contribution in [2.45, 2.75) is 33.4 Å². The minimum atomic E-state index is -0.163. The van der Waals surface area contributed by atoms with E-state index in [1.165, 1.54) is 10.8 Å². The molecule has 1 amide bonds. The van der Waals surface area contributed by atoms with Crippen molar-refractivity contribution in [3.63, 3.8) is 0 Å². The van der Waals surface area contributed by atoms with Gasteiger partial charge in [0.2, 0.25) is 5.91 Å². The van der Waals surface area contributed by atoms with Crippen LogP contribution in [0.3, 0.4) is 0 Å². The number of carbonyl (C=O) groups is 1. The predicted octanol–water partition coefficient (Wildman–Crippen LogP) is 1.02. The Morgan fingerprint density at radius 1 is 1.59 bits per heavy atom. The minimum absolute atomic E-state index is 0.0448. The van der Waals surface area contributed by atoms with E-state index in [1.807, 2.05) is 36.4 Å². The van der Waals surface area contributed by atoms with Gasteiger partial charge in [0.25, 0.3) is 5.56 Å². The van der Waals surface area contributed by atoms with Gasteiger partial charge in [-0.25, -0.2) is 4.98 Å². The van der Waals surface area contributed by atoms with E-state index in [9.17, 15) is 9.59 Å². The van der Waals surface area contributed by atoms with Crippen LogP contribution in [-0.2, 0) is 11.3 Å². The molecule has 1 heterocycles. The van der Waals surface area contributed by atoms with E-state index in [2.05, 4.69) is 4.98 Å². The Morgan fingerprint density at radius 3 is 2.71 bits per heavy atom. The summed E-state index contributed by atoms with van der Waals surface area (Å²) in [5.41, 5.74) is -0.163. The van der Waals surface area contributed by atoms with Crippen molar-refractivity contribution in [2.75, 3.05) is 7.05 Å². The molecule has 0 radical (unpaired) electrons. The van der Waals surface area contributed by atoms with Crippen LogP contribution in [0.2, 0.25) is 0 Å². The number of likely N-dealkylation sites (N-methyl/N-ethyl adjacent to an activating group) is 1. The maximum absolute atomic E-state index is 11.9. The van der Waals surface area contributed by atoms with Crippen LogP contribution in [0, 0.1) is 10.5 Å². The fraction of sp³-hybridized carbons (Fsp3) is 0.545. The molecule has 1 rings (SSSR count). The normalized spacial score (nSPS) is 10.7. The van der Waals surface area contributed by atoms with Gasteiger partial charge in [-0.05, 0) is 43.4 Å². The third kappa shape index (κ3) is 3.27. The minimum Gasteiger partial charge on any atom is -0.342 e. The number of aryl methyl sites for hydroxylation is 1. The zero-order valence-corrected chi connectivity index (χ0v) is 12.6. The summed E-state index contributed by atoms with van der Waals surface area (Å²) in [6, 6.07) is 0.120. The van der Waals surface area contributed by atoms with E-state index in [0.29, 0.717) is 9.39 Å². The van der Waals surface area contributed by atoms with Crippen molar-refractivity contribution >= 4 is 28.5 Å². The van der Waals surface area contributed by atoms with Gasteiger partial charge in [0.15, 0.2) is 0 Å². The van der Waals surface area contributed by atoms with Gasteiger partial charge in [0.05, 0.1) is 3.57 Å². The van der Waals surface area contributed by atoms with Crippen molar-refractivity contribution in [2.24, 2.45) is 0 Å². The van der Waals surface area contributed by atoms with Gasteiger partial charge in [0.1, 0.15) is 12.4 Å². The molecule has 0 spiro atoms. The van der Waals surface area contributed by atoms with Gasteiger partial charge in [-0.2, -0.15) is 0 Å². The molecule has 0 aliphatic heterocycles. The van der Waals surface area contributed by atoms with Gasteiger partial charge < -0.3 is 4.90 Å². The first-order valence-electron chi connectivity index (χ1n) is 5.32. The molecule has 6 heteroatoms. The lowest BCUT2D eigenvalue weighted by Crippen LogP contribution is -2.39. The molecule has 1 aromatic heterocycles. The molecule has 0 fully saturated rings. The Bertz CT molecular complexity index is 482. The molecule has 5 nitrogen and oxygen atoms in total. The monoisotopic (exact) mass is 349 g/mol. The highest BCUT2D eigenvalue weighted by atomic mass is 127. The molecular weight excluding hydrogens is 333 g/mol. The summed E-state index contributed by atoms with van der Waals surface area (Å²) in [7, 11) is 1.73. The standard InChI is InChI=1S/C11H16IN3O2/c1-7(2)14(4)10(16)6-15-8(3)13-5-9(12)11(15)17/h5,7H,6H2,1-4H3. The number of rotatable bonds is 3. The van der Waals surface area contributed by atoms with Gasteiger partial charge >= 0.3 is 0 Å². The molecule has 0 bridgehead atoms. The highest BCUT2D eigenvalue weighted by molar-refractivity contribution is 14.1. The lowest BCUT2D eigenvalue weighted by Gasteiger charge is -2.22. The Kier molecular flexibility index (Phi) is 4.67. The number of halogens is 1. The summed E-state index contributed by atoms with van der Waals surface area (Å²) in [5.74, 6) is 0.468. The van der Waals surface area contributed by atoms with Gasteiger partial charge in [-0.1, -0.05) is 0 Å². The molecule has 0 aliphatic rings. The fourth-order valence-electron chi connectivity index (χ4n) is 1.27. The third-order valence-electron chi connectivity index (χ3n) is 2.67. The van der Waals surface area contributed by atoms with Crippen LogP contribution < -0.4 is 5.56 Å². The molecule has 0 aliphatic carbocycles. The SMILES string of the molecule is Cc1ncc(I)c(=O)n1CC(=O)N(C)C(C)C. The Balaban J connectivity index is 3.01. The van der Waals surface area contributed by atoms with E-state index in [0.717, 1.165) is 0 Å². The number of amides is 1. The molecule has 0 atom stereocenters. The molecule has 0 saturated carbocycles. The van der Waals surface area contributed by atoms with Crippen LogP contribution in [0.5, 0.6) is 0 Å². The summed E-state index contributed by atoms with van der Waals surface area (Å²) in [5, 5.41) is 0. The second kappa shape index (κ2) is 5.61. The van der Waals surface area contributed by atoms with E-state index in [-0.39, 0.29) is 24.1 Å². The first kappa shape index (κ1) is 14.1. The van der Waals surface area contributed by atoms with Crippen LogP contribution in [-0.4, -0.2) is 33.4 Å². The molecule has 0 N–H and O–H groups in total. The maximum Gasteiger partial charge on any atom is 0.267 e. The average molecular weight is 349 g/mol. The quantitative estimate of drug-likeness (QED) is 0.766. The molecular formula is C11H16IN3O2. The highest BCUT2D eigenvalue weighted by Gasteiger charge is 2.15. The lowest BCUT2D eigenvalue weighted by atomic mass is 10.3. The molecule has 0 aromatic carbocycles. The Hall–Kier alpha value is -0.920. The van der Waals surface area contributed by atoms with Gasteiger partial charge in [0, 0.05) is 19.3 Å². The summed E-state index contributed by atoms with van der Waals surface area (Å²) in [6.07, 6.45) is 1.52. The number of hydrogen-bond acceptors (Lipinski definition) is 3. The third-order valence-corrected chi connectivity index (χ3v) is 3.41. The van der Waals surface area contributed by atoms with Crippen LogP contribution in [0.1, 0.15) is 19.7 Å².